The molecule has 0 radical (unpaired) electrons. The molecule has 228 valence electrons. The number of aliphatic hydroxyl groups is 1. The molecule has 43 heavy (non-hydrogen) atoms. The average Bonchev–Trinajstić information content (AvgIpc) is 3.25. The fourth-order valence-corrected chi connectivity index (χ4v) is 4.19. The number of halogens is 7. The van der Waals surface area contributed by atoms with Gasteiger partial charge in [0.15, 0.2) is 11.9 Å². The molecule has 4 aromatic rings. The number of rotatable bonds is 9. The Hall–Kier alpha value is -4.37. The highest BCUT2D eigenvalue weighted by atomic mass is 35.5. The fourth-order valence-electron chi connectivity index (χ4n) is 4.07. The Labute approximate surface area is 244 Å². The minimum Gasteiger partial charge on any atom is -0.481 e. The van der Waals surface area contributed by atoms with Gasteiger partial charge >= 0.3 is 18.0 Å². The lowest BCUT2D eigenvalue weighted by Crippen LogP contribution is -2.39. The van der Waals surface area contributed by atoms with Crippen molar-refractivity contribution < 1.29 is 41.0 Å². The first kappa shape index (κ1) is 31.6. The summed E-state index contributed by atoms with van der Waals surface area (Å²) in [5, 5.41) is 16.5. The van der Waals surface area contributed by atoms with Gasteiger partial charge in [0.2, 0.25) is 11.8 Å². The first-order valence-corrected chi connectivity index (χ1v) is 12.7. The monoisotopic (exact) mass is 629 g/mol. The van der Waals surface area contributed by atoms with Crippen LogP contribution >= 0.6 is 11.6 Å². The van der Waals surface area contributed by atoms with Gasteiger partial charge < -0.3 is 15.2 Å². The highest BCUT2D eigenvalue weighted by molar-refractivity contribution is 6.30. The zero-order chi connectivity index (χ0) is 31.5. The van der Waals surface area contributed by atoms with Crippen molar-refractivity contribution >= 4 is 17.5 Å². The Bertz CT molecular complexity index is 1650. The Morgan fingerprint density at radius 1 is 1.05 bits per heavy atom. The summed E-state index contributed by atoms with van der Waals surface area (Å²) in [7, 11) is 1.32. The van der Waals surface area contributed by atoms with Gasteiger partial charge in [0, 0.05) is 16.7 Å². The summed E-state index contributed by atoms with van der Waals surface area (Å²) in [6, 6.07) is 12.9. The van der Waals surface area contributed by atoms with Gasteiger partial charge in [0.1, 0.15) is 6.54 Å². The molecule has 0 aliphatic rings. The second-order valence-corrected chi connectivity index (χ2v) is 9.60. The third-order valence-corrected chi connectivity index (χ3v) is 6.41. The highest BCUT2D eigenvalue weighted by Crippen LogP contribution is 2.32. The van der Waals surface area contributed by atoms with E-state index in [1.54, 1.807) is 0 Å². The molecule has 2 heterocycles. The van der Waals surface area contributed by atoms with Gasteiger partial charge in [0.05, 0.1) is 31.0 Å². The van der Waals surface area contributed by atoms with Crippen molar-refractivity contribution in [1.29, 1.82) is 0 Å². The maximum Gasteiger partial charge on any atom is 0.416 e. The second-order valence-electron chi connectivity index (χ2n) is 9.17. The molecule has 2 atom stereocenters. The number of amides is 1. The smallest absolute Gasteiger partial charge is 0.416 e. The van der Waals surface area contributed by atoms with Crippen LogP contribution < -0.4 is 15.7 Å². The number of benzene rings is 2. The van der Waals surface area contributed by atoms with E-state index in [9.17, 15) is 41.0 Å². The first-order chi connectivity index (χ1) is 20.2. The van der Waals surface area contributed by atoms with Crippen LogP contribution in [0.1, 0.15) is 22.9 Å². The van der Waals surface area contributed by atoms with E-state index >= 15 is 0 Å². The summed E-state index contributed by atoms with van der Waals surface area (Å²) < 4.78 is 86.0. The van der Waals surface area contributed by atoms with Crippen LogP contribution in [0.3, 0.4) is 0 Å². The topological polar surface area (TPSA) is 111 Å². The van der Waals surface area contributed by atoms with Gasteiger partial charge in [0.25, 0.3) is 0 Å². The molecular formula is C27H22ClF6N5O4. The molecule has 2 aromatic carbocycles. The van der Waals surface area contributed by atoms with Crippen molar-refractivity contribution in [2.75, 3.05) is 7.11 Å². The summed E-state index contributed by atoms with van der Waals surface area (Å²) in [4.78, 5) is 30.5. The number of alkyl halides is 6. The van der Waals surface area contributed by atoms with Gasteiger partial charge in [-0.3, -0.25) is 9.36 Å². The van der Waals surface area contributed by atoms with E-state index in [-0.39, 0.29) is 28.5 Å². The number of methoxy groups -OCH3 is 1. The molecule has 9 nitrogen and oxygen atoms in total. The molecule has 2 unspecified atom stereocenters. The molecule has 0 saturated carbocycles. The van der Waals surface area contributed by atoms with Gasteiger partial charge in [-0.2, -0.15) is 26.3 Å². The third kappa shape index (κ3) is 7.53. The number of nitrogens with zero attached hydrogens (tertiary/aromatic N) is 4. The van der Waals surface area contributed by atoms with Crippen LogP contribution in [0, 0.1) is 0 Å². The molecule has 0 saturated heterocycles. The lowest BCUT2D eigenvalue weighted by atomic mass is 10.00. The zero-order valence-electron chi connectivity index (χ0n) is 22.0. The molecular weight excluding hydrogens is 608 g/mol. The predicted molar refractivity (Wildman–Crippen MR) is 141 cm³/mol. The molecule has 0 aliphatic heterocycles. The summed E-state index contributed by atoms with van der Waals surface area (Å²) in [5.74, 6) is -1.12. The lowest BCUT2D eigenvalue weighted by Gasteiger charge is -2.20. The molecule has 0 bridgehead atoms. The predicted octanol–water partition coefficient (Wildman–Crippen LogP) is 4.62. The van der Waals surface area contributed by atoms with Crippen molar-refractivity contribution in [3.63, 3.8) is 0 Å². The summed E-state index contributed by atoms with van der Waals surface area (Å²) in [6.07, 6.45) is -12.7. The molecule has 0 fully saturated rings. The number of carbonyl (C=O) groups excluding carboxylic acids is 1. The minimum atomic E-state index is -5.06. The van der Waals surface area contributed by atoms with Crippen LogP contribution in [0.4, 0.5) is 26.3 Å². The van der Waals surface area contributed by atoms with Crippen LogP contribution in [0.2, 0.25) is 5.02 Å². The van der Waals surface area contributed by atoms with E-state index in [0.717, 1.165) is 18.2 Å². The normalized spacial score (nSPS) is 13.4. The molecule has 0 spiro atoms. The van der Waals surface area contributed by atoms with Crippen molar-refractivity contribution in [3.05, 3.63) is 99.1 Å². The molecule has 2 N–H and O–H groups in total. The summed E-state index contributed by atoms with van der Waals surface area (Å²) >= 11 is 5.88. The number of carbonyl (C=O) groups is 1. The van der Waals surface area contributed by atoms with Crippen LogP contribution in [0.15, 0.2) is 71.5 Å². The number of aliphatic hydroxyl groups excluding tert-OH is 1. The summed E-state index contributed by atoms with van der Waals surface area (Å²) in [6.45, 7) is -2.06. The largest absolute Gasteiger partial charge is 0.481 e. The van der Waals surface area contributed by atoms with Gasteiger partial charge in [-0.05, 0) is 48.0 Å². The highest BCUT2D eigenvalue weighted by Gasteiger charge is 2.39. The van der Waals surface area contributed by atoms with Crippen LogP contribution in [-0.2, 0) is 24.1 Å². The standard InChI is InChI=1S/C27H22ClF6N5O4/c1-43-22-7-3-6-19(35-22)23(16-4-2-5-17(12-16)26(29,30)31)36-21(41)14-39-25(42)38(13-20(40)27(32,33)34)24(37-39)15-8-10-18(28)11-9-15/h2-12,20,23,40H,13-14H2,1H3,(H,36,41). The fraction of sp³-hybridized carbons (Fsp3) is 0.259. The van der Waals surface area contributed by atoms with Gasteiger partial charge in [-0.1, -0.05) is 29.8 Å². The minimum absolute atomic E-state index is 0.00282. The molecule has 0 aliphatic carbocycles. The molecule has 4 rings (SSSR count). The SMILES string of the molecule is COc1cccc(C(NC(=O)Cn2nc(-c3ccc(Cl)cc3)n(CC(O)C(F)(F)F)c2=O)c2cccc(C(F)(F)F)c2)n1. The van der Waals surface area contributed by atoms with Crippen molar-refractivity contribution in [2.45, 2.75) is 37.6 Å². The first-order valence-electron chi connectivity index (χ1n) is 12.3. The van der Waals surface area contributed by atoms with Crippen molar-refractivity contribution in [3.8, 4) is 17.3 Å². The maximum atomic E-state index is 13.4. The number of aromatic nitrogens is 4. The number of ether oxygens (including phenoxy) is 1. The molecule has 16 heteroatoms. The van der Waals surface area contributed by atoms with E-state index in [0.29, 0.717) is 14.3 Å². The maximum absolute atomic E-state index is 13.4. The Balaban J connectivity index is 1.71. The van der Waals surface area contributed by atoms with Crippen molar-refractivity contribution in [1.82, 2.24) is 24.6 Å². The molecule has 1 amide bonds. The third-order valence-electron chi connectivity index (χ3n) is 6.15. The zero-order valence-corrected chi connectivity index (χ0v) is 22.8. The number of nitrogens with one attached hydrogen (secondary N) is 1. The quantitative estimate of drug-likeness (QED) is 0.262. The van der Waals surface area contributed by atoms with E-state index in [1.807, 2.05) is 0 Å². The molecule has 2 aromatic heterocycles. The Kier molecular flexibility index (Phi) is 9.15. The Morgan fingerprint density at radius 3 is 2.35 bits per heavy atom. The number of hydrogen-bond donors (Lipinski definition) is 2. The lowest BCUT2D eigenvalue weighted by molar-refractivity contribution is -0.207. The Morgan fingerprint density at radius 2 is 1.72 bits per heavy atom. The number of hydrogen-bond acceptors (Lipinski definition) is 6. The van der Waals surface area contributed by atoms with Crippen LogP contribution in [0.5, 0.6) is 5.88 Å². The van der Waals surface area contributed by atoms with E-state index in [4.69, 9.17) is 16.3 Å². The average molecular weight is 630 g/mol. The van der Waals surface area contributed by atoms with E-state index < -0.39 is 54.7 Å². The second kappa shape index (κ2) is 12.5. The van der Waals surface area contributed by atoms with Crippen LogP contribution in [-0.4, -0.2) is 49.7 Å². The van der Waals surface area contributed by atoms with E-state index in [2.05, 4.69) is 15.4 Å². The summed E-state index contributed by atoms with van der Waals surface area (Å²) in [5.41, 5.74) is -1.88. The number of pyridine rings is 1. The van der Waals surface area contributed by atoms with Crippen molar-refractivity contribution in [2.24, 2.45) is 0 Å². The van der Waals surface area contributed by atoms with E-state index in [1.165, 1.54) is 55.6 Å². The van der Waals surface area contributed by atoms with Crippen LogP contribution in [0.25, 0.3) is 11.4 Å². The van der Waals surface area contributed by atoms with Gasteiger partial charge in [-0.15, -0.1) is 5.10 Å². The van der Waals surface area contributed by atoms with Gasteiger partial charge in [-0.25, -0.2) is 14.5 Å².